The summed E-state index contributed by atoms with van der Waals surface area (Å²) in [5, 5.41) is 3.33. The number of hydrogen-bond acceptors (Lipinski definition) is 2. The Bertz CT molecular complexity index is 504. The molecule has 2 rings (SSSR count). The van der Waals surface area contributed by atoms with Gasteiger partial charge in [-0.05, 0) is 49.4 Å². The molecule has 1 nitrogen and oxygen atoms in total. The van der Waals surface area contributed by atoms with Gasteiger partial charge in [-0.3, -0.25) is 0 Å². The van der Waals surface area contributed by atoms with Crippen LogP contribution in [0.5, 0.6) is 0 Å². The van der Waals surface area contributed by atoms with E-state index in [-0.39, 0.29) is 6.04 Å². The van der Waals surface area contributed by atoms with Crippen molar-refractivity contribution in [2.24, 2.45) is 0 Å². The molecule has 90 valence electrons. The van der Waals surface area contributed by atoms with Crippen molar-refractivity contribution in [3.05, 3.63) is 55.1 Å². The third-order valence-corrected chi connectivity index (χ3v) is 4.32. The topological polar surface area (TPSA) is 12.0 Å². The molecule has 0 aliphatic rings. The van der Waals surface area contributed by atoms with Gasteiger partial charge in [0, 0.05) is 9.35 Å². The summed E-state index contributed by atoms with van der Waals surface area (Å²) in [5.74, 6) is 0. The summed E-state index contributed by atoms with van der Waals surface area (Å²) in [4.78, 5) is 1.23. The van der Waals surface area contributed by atoms with Crippen LogP contribution in [0.15, 0.2) is 34.8 Å². The van der Waals surface area contributed by atoms with Crippen molar-refractivity contribution in [3.63, 3.8) is 0 Å². The molecule has 2 aromatic rings. The molecule has 17 heavy (non-hydrogen) atoms. The minimum Gasteiger partial charge on any atom is -0.309 e. The molecule has 0 spiro atoms. The van der Waals surface area contributed by atoms with Crippen LogP contribution in [0, 0.1) is 6.92 Å². The summed E-state index contributed by atoms with van der Waals surface area (Å²) in [6, 6.07) is 10.7. The zero-order valence-electron chi connectivity index (χ0n) is 9.63. The van der Waals surface area contributed by atoms with E-state index < -0.39 is 0 Å². The van der Waals surface area contributed by atoms with Crippen molar-refractivity contribution in [2.45, 2.75) is 13.0 Å². The van der Waals surface area contributed by atoms with E-state index in [0.29, 0.717) is 0 Å². The lowest BCUT2D eigenvalue weighted by molar-refractivity contribution is 0.703. The molecule has 0 bridgehead atoms. The van der Waals surface area contributed by atoms with Crippen molar-refractivity contribution in [1.29, 1.82) is 0 Å². The van der Waals surface area contributed by atoms with E-state index in [4.69, 9.17) is 11.6 Å². The standard InChI is InChI=1S/C13H13BrClNS/c1-8-5-9(7-10(14)6-8)13(16-2)11-3-4-12(15)17-11/h3-7,13,16H,1-2H3. The highest BCUT2D eigenvalue weighted by Crippen LogP contribution is 2.32. The van der Waals surface area contributed by atoms with Gasteiger partial charge >= 0.3 is 0 Å². The van der Waals surface area contributed by atoms with Gasteiger partial charge in [0.1, 0.15) is 0 Å². The van der Waals surface area contributed by atoms with Crippen molar-refractivity contribution < 1.29 is 0 Å². The maximum atomic E-state index is 5.99. The molecular weight excluding hydrogens is 318 g/mol. The average Bonchev–Trinajstić information content (AvgIpc) is 2.64. The number of benzene rings is 1. The van der Waals surface area contributed by atoms with E-state index in [1.165, 1.54) is 16.0 Å². The van der Waals surface area contributed by atoms with E-state index in [1.54, 1.807) is 11.3 Å². The van der Waals surface area contributed by atoms with Gasteiger partial charge in [0.15, 0.2) is 0 Å². The minimum atomic E-state index is 0.198. The number of thiophene rings is 1. The highest BCUT2D eigenvalue weighted by molar-refractivity contribution is 9.10. The van der Waals surface area contributed by atoms with Crippen LogP contribution in [0.3, 0.4) is 0 Å². The molecule has 0 saturated carbocycles. The van der Waals surface area contributed by atoms with Crippen molar-refractivity contribution in [1.82, 2.24) is 5.32 Å². The van der Waals surface area contributed by atoms with Crippen LogP contribution in [-0.2, 0) is 0 Å². The molecule has 4 heteroatoms. The first-order chi connectivity index (χ1) is 8.10. The minimum absolute atomic E-state index is 0.198. The fraction of sp³-hybridized carbons (Fsp3) is 0.231. The zero-order chi connectivity index (χ0) is 12.4. The fourth-order valence-electron chi connectivity index (χ4n) is 1.89. The predicted octanol–water partition coefficient (Wildman–Crippen LogP) is 4.78. The first-order valence-electron chi connectivity index (χ1n) is 5.29. The molecule has 0 radical (unpaired) electrons. The van der Waals surface area contributed by atoms with Gasteiger partial charge in [-0.1, -0.05) is 33.6 Å². The second-order valence-corrected chi connectivity index (χ2v) is 6.59. The quantitative estimate of drug-likeness (QED) is 0.854. The molecule has 1 N–H and O–H groups in total. The van der Waals surface area contributed by atoms with Gasteiger partial charge in [0.25, 0.3) is 0 Å². The van der Waals surface area contributed by atoms with E-state index in [2.05, 4.69) is 52.4 Å². The second-order valence-electron chi connectivity index (χ2n) is 3.93. The van der Waals surface area contributed by atoms with Gasteiger partial charge in [-0.15, -0.1) is 11.3 Å². The fourth-order valence-corrected chi connectivity index (χ4v) is 3.71. The molecule has 0 aliphatic heterocycles. The Hall–Kier alpha value is -0.350. The molecule has 1 aromatic heterocycles. The zero-order valence-corrected chi connectivity index (χ0v) is 12.8. The maximum absolute atomic E-state index is 5.99. The van der Waals surface area contributed by atoms with Gasteiger partial charge in [-0.25, -0.2) is 0 Å². The average molecular weight is 331 g/mol. The number of hydrogen-bond donors (Lipinski definition) is 1. The molecule has 0 amide bonds. The van der Waals surface area contributed by atoms with Gasteiger partial charge in [0.2, 0.25) is 0 Å². The van der Waals surface area contributed by atoms with Crippen molar-refractivity contribution in [2.75, 3.05) is 7.05 Å². The van der Waals surface area contributed by atoms with E-state index >= 15 is 0 Å². The van der Waals surface area contributed by atoms with Crippen LogP contribution < -0.4 is 5.32 Å². The molecular formula is C13H13BrClNS. The van der Waals surface area contributed by atoms with Crippen molar-refractivity contribution in [3.8, 4) is 0 Å². The lowest BCUT2D eigenvalue weighted by atomic mass is 10.0. The number of halogens is 2. The van der Waals surface area contributed by atoms with Crippen LogP contribution in [-0.4, -0.2) is 7.05 Å². The van der Waals surface area contributed by atoms with Crippen LogP contribution in [0.2, 0.25) is 4.34 Å². The SMILES string of the molecule is CNC(c1cc(C)cc(Br)c1)c1ccc(Cl)s1. The molecule has 1 heterocycles. The summed E-state index contributed by atoms with van der Waals surface area (Å²) in [7, 11) is 1.97. The Labute approximate surface area is 119 Å². The van der Waals surface area contributed by atoms with E-state index in [9.17, 15) is 0 Å². The highest BCUT2D eigenvalue weighted by Gasteiger charge is 2.14. The van der Waals surface area contributed by atoms with E-state index in [0.717, 1.165) is 8.81 Å². The molecule has 1 aromatic carbocycles. The Morgan fingerprint density at radius 3 is 2.59 bits per heavy atom. The smallest absolute Gasteiger partial charge is 0.0931 e. The third kappa shape index (κ3) is 3.10. The molecule has 0 aliphatic carbocycles. The normalized spacial score (nSPS) is 12.7. The number of nitrogens with one attached hydrogen (secondary N) is 1. The Morgan fingerprint density at radius 2 is 2.06 bits per heavy atom. The van der Waals surface area contributed by atoms with E-state index in [1.807, 2.05) is 13.1 Å². The Kier molecular flexibility index (Phi) is 4.26. The maximum Gasteiger partial charge on any atom is 0.0931 e. The number of rotatable bonds is 3. The summed E-state index contributed by atoms with van der Waals surface area (Å²) < 4.78 is 1.93. The lowest BCUT2D eigenvalue weighted by Gasteiger charge is -2.16. The second kappa shape index (κ2) is 5.53. The van der Waals surface area contributed by atoms with Gasteiger partial charge < -0.3 is 5.32 Å². The first-order valence-corrected chi connectivity index (χ1v) is 7.28. The molecule has 1 unspecified atom stereocenters. The largest absolute Gasteiger partial charge is 0.309 e. The molecule has 1 atom stereocenters. The Morgan fingerprint density at radius 1 is 1.29 bits per heavy atom. The van der Waals surface area contributed by atoms with Crippen molar-refractivity contribution >= 4 is 38.9 Å². The first kappa shape index (κ1) is 13.1. The molecule has 0 fully saturated rings. The van der Waals surface area contributed by atoms with Crippen LogP contribution >= 0.6 is 38.9 Å². The lowest BCUT2D eigenvalue weighted by Crippen LogP contribution is -2.16. The Balaban J connectivity index is 2.41. The van der Waals surface area contributed by atoms with Crippen LogP contribution in [0.1, 0.15) is 22.0 Å². The van der Waals surface area contributed by atoms with Gasteiger partial charge in [0.05, 0.1) is 10.4 Å². The number of aryl methyl sites for hydroxylation is 1. The van der Waals surface area contributed by atoms with Crippen LogP contribution in [0.4, 0.5) is 0 Å². The molecule has 0 saturated heterocycles. The summed E-state index contributed by atoms with van der Waals surface area (Å²) >= 11 is 11.1. The summed E-state index contributed by atoms with van der Waals surface area (Å²) in [5.41, 5.74) is 2.50. The predicted molar refractivity (Wildman–Crippen MR) is 79.1 cm³/mol. The van der Waals surface area contributed by atoms with Crippen LogP contribution in [0.25, 0.3) is 0 Å². The highest BCUT2D eigenvalue weighted by atomic mass is 79.9. The third-order valence-electron chi connectivity index (χ3n) is 2.56. The van der Waals surface area contributed by atoms with Gasteiger partial charge in [-0.2, -0.15) is 0 Å². The summed E-state index contributed by atoms with van der Waals surface area (Å²) in [6.45, 7) is 2.10. The summed E-state index contributed by atoms with van der Waals surface area (Å²) in [6.07, 6.45) is 0. The monoisotopic (exact) mass is 329 g/mol.